The fourth-order valence-electron chi connectivity index (χ4n) is 3.60. The molecular formula is C26H27F3O3. The lowest BCUT2D eigenvalue weighted by Gasteiger charge is -2.17. The second kappa shape index (κ2) is 10.5. The number of halogens is 3. The van der Waals surface area contributed by atoms with Crippen LogP contribution in [0.1, 0.15) is 54.9 Å². The zero-order valence-corrected chi connectivity index (χ0v) is 18.1. The smallest absolute Gasteiger partial charge is 0.416 e. The Labute approximate surface area is 186 Å². The number of unbranched alkanes of at least 4 members (excludes halogenated alkanes) is 1. The Hall–Kier alpha value is -3.02. The molecule has 2 aromatic carbocycles. The molecule has 0 spiro atoms. The second-order valence-electron chi connectivity index (χ2n) is 7.90. The van der Waals surface area contributed by atoms with E-state index in [2.05, 4.69) is 12.6 Å². The van der Waals surface area contributed by atoms with Crippen molar-refractivity contribution < 1.29 is 27.4 Å². The minimum atomic E-state index is -4.43. The highest BCUT2D eigenvalue weighted by atomic mass is 19.4. The van der Waals surface area contributed by atoms with Crippen LogP contribution in [0.2, 0.25) is 0 Å². The summed E-state index contributed by atoms with van der Waals surface area (Å²) >= 11 is 0. The average molecular weight is 444 g/mol. The van der Waals surface area contributed by atoms with Gasteiger partial charge in [-0.05, 0) is 73.9 Å². The van der Waals surface area contributed by atoms with Gasteiger partial charge in [0.05, 0.1) is 18.8 Å². The molecule has 0 saturated heterocycles. The third-order valence-electron chi connectivity index (χ3n) is 5.31. The molecule has 0 saturated carbocycles. The van der Waals surface area contributed by atoms with Crippen molar-refractivity contribution in [1.29, 1.82) is 0 Å². The Morgan fingerprint density at radius 1 is 1.06 bits per heavy atom. The first kappa shape index (κ1) is 23.6. The summed E-state index contributed by atoms with van der Waals surface area (Å²) in [5, 5.41) is 0. The van der Waals surface area contributed by atoms with Gasteiger partial charge >= 0.3 is 12.1 Å². The molecule has 0 N–H and O–H groups in total. The van der Waals surface area contributed by atoms with Crippen LogP contribution in [0.25, 0.3) is 11.6 Å². The van der Waals surface area contributed by atoms with Gasteiger partial charge in [-0.1, -0.05) is 36.9 Å². The monoisotopic (exact) mass is 444 g/mol. The Kier molecular flexibility index (Phi) is 7.78. The van der Waals surface area contributed by atoms with Crippen LogP contribution in [0.5, 0.6) is 5.75 Å². The van der Waals surface area contributed by atoms with E-state index in [0.29, 0.717) is 42.8 Å². The minimum Gasteiger partial charge on any atom is -0.493 e. The van der Waals surface area contributed by atoms with Crippen LogP contribution < -0.4 is 4.74 Å². The molecule has 0 fully saturated rings. The molecule has 1 aliphatic rings. The SMILES string of the molecule is C=C(C)C(=O)OCCCCOc1ccc(C(F)(F)F)cc1C1=Cc2ccccc2CCC1. The normalized spacial score (nSPS) is 13.6. The van der Waals surface area contributed by atoms with Crippen LogP contribution in [-0.2, 0) is 22.1 Å². The van der Waals surface area contributed by atoms with Crippen molar-refractivity contribution in [3.63, 3.8) is 0 Å². The highest BCUT2D eigenvalue weighted by Crippen LogP contribution is 2.38. The van der Waals surface area contributed by atoms with Gasteiger partial charge in [-0.15, -0.1) is 0 Å². The summed E-state index contributed by atoms with van der Waals surface area (Å²) in [6.07, 6.45) is 1.15. The van der Waals surface area contributed by atoms with Gasteiger partial charge in [-0.2, -0.15) is 13.2 Å². The number of hydrogen-bond acceptors (Lipinski definition) is 3. The van der Waals surface area contributed by atoms with Gasteiger partial charge in [0, 0.05) is 11.1 Å². The van der Waals surface area contributed by atoms with E-state index < -0.39 is 17.7 Å². The van der Waals surface area contributed by atoms with E-state index in [-0.39, 0.29) is 6.61 Å². The summed E-state index contributed by atoms with van der Waals surface area (Å²) in [6, 6.07) is 11.6. The van der Waals surface area contributed by atoms with E-state index in [4.69, 9.17) is 9.47 Å². The molecule has 0 atom stereocenters. The molecule has 0 aliphatic heterocycles. The number of fused-ring (bicyclic) bond motifs is 1. The Balaban J connectivity index is 1.76. The highest BCUT2D eigenvalue weighted by molar-refractivity contribution is 5.87. The minimum absolute atomic E-state index is 0.247. The molecule has 1 aliphatic carbocycles. The molecule has 0 heterocycles. The van der Waals surface area contributed by atoms with Crippen molar-refractivity contribution in [3.8, 4) is 5.75 Å². The number of hydrogen-bond donors (Lipinski definition) is 0. The number of carbonyl (C=O) groups is 1. The first-order valence-corrected chi connectivity index (χ1v) is 10.7. The van der Waals surface area contributed by atoms with E-state index in [1.807, 2.05) is 24.3 Å². The largest absolute Gasteiger partial charge is 0.493 e. The van der Waals surface area contributed by atoms with Crippen LogP contribution in [0, 0.1) is 0 Å². The fourth-order valence-corrected chi connectivity index (χ4v) is 3.60. The maximum Gasteiger partial charge on any atom is 0.416 e. The fraction of sp³-hybridized carbons (Fsp3) is 0.346. The van der Waals surface area contributed by atoms with Crippen molar-refractivity contribution in [1.82, 2.24) is 0 Å². The number of benzene rings is 2. The van der Waals surface area contributed by atoms with Crippen LogP contribution in [-0.4, -0.2) is 19.2 Å². The molecule has 0 radical (unpaired) electrons. The van der Waals surface area contributed by atoms with Crippen molar-refractivity contribution in [2.75, 3.05) is 13.2 Å². The lowest BCUT2D eigenvalue weighted by molar-refractivity contribution is -0.139. The standard InChI is InChI=1S/C26H27F3O3/c1-18(2)25(30)32-15-6-5-14-31-24-13-12-22(26(27,28)29)17-23(24)21-11-7-10-19-8-3-4-9-20(19)16-21/h3-4,8-9,12-13,16-17H,1,5-7,10-11,14-15H2,2H3. The Morgan fingerprint density at radius 2 is 1.81 bits per heavy atom. The van der Waals surface area contributed by atoms with Gasteiger partial charge < -0.3 is 9.47 Å². The van der Waals surface area contributed by atoms with Gasteiger partial charge in [0.2, 0.25) is 0 Å². The van der Waals surface area contributed by atoms with Crippen LogP contribution >= 0.6 is 0 Å². The van der Waals surface area contributed by atoms with Crippen molar-refractivity contribution in [3.05, 3.63) is 76.9 Å². The van der Waals surface area contributed by atoms with Crippen molar-refractivity contribution in [2.24, 2.45) is 0 Å². The molecule has 0 aromatic heterocycles. The highest BCUT2D eigenvalue weighted by Gasteiger charge is 2.31. The third kappa shape index (κ3) is 6.25. The number of carbonyl (C=O) groups excluding carboxylic acids is 1. The summed E-state index contributed by atoms with van der Waals surface area (Å²) in [6.45, 7) is 5.67. The molecular weight excluding hydrogens is 417 g/mol. The van der Waals surface area contributed by atoms with Crippen LogP contribution in [0.3, 0.4) is 0 Å². The summed E-state index contributed by atoms with van der Waals surface area (Å²) in [7, 11) is 0. The number of esters is 1. The van der Waals surface area contributed by atoms with Gasteiger partial charge in [0.1, 0.15) is 5.75 Å². The van der Waals surface area contributed by atoms with Crippen molar-refractivity contribution in [2.45, 2.75) is 45.2 Å². The molecule has 170 valence electrons. The molecule has 0 bridgehead atoms. The Morgan fingerprint density at radius 3 is 2.56 bits per heavy atom. The molecule has 0 unspecified atom stereocenters. The summed E-state index contributed by atoms with van der Waals surface area (Å²) < 4.78 is 51.1. The summed E-state index contributed by atoms with van der Waals surface area (Å²) in [5.74, 6) is -0.000844. The zero-order valence-electron chi connectivity index (χ0n) is 18.1. The maximum atomic E-state index is 13.4. The lowest BCUT2D eigenvalue weighted by Crippen LogP contribution is -2.09. The second-order valence-corrected chi connectivity index (χ2v) is 7.90. The van der Waals surface area contributed by atoms with Gasteiger partial charge in [-0.3, -0.25) is 0 Å². The quantitative estimate of drug-likeness (QED) is 0.253. The molecule has 3 nitrogen and oxygen atoms in total. The number of ether oxygens (including phenoxy) is 2. The van der Waals surface area contributed by atoms with Gasteiger partial charge in [-0.25, -0.2) is 4.79 Å². The number of alkyl halides is 3. The molecule has 6 heteroatoms. The molecule has 3 rings (SSSR count). The number of aryl methyl sites for hydroxylation is 1. The first-order chi connectivity index (χ1) is 15.3. The molecule has 32 heavy (non-hydrogen) atoms. The van der Waals surface area contributed by atoms with E-state index >= 15 is 0 Å². The lowest BCUT2D eigenvalue weighted by atomic mass is 9.97. The first-order valence-electron chi connectivity index (χ1n) is 10.7. The molecule has 2 aromatic rings. The van der Waals surface area contributed by atoms with Gasteiger partial charge in [0.15, 0.2) is 0 Å². The van der Waals surface area contributed by atoms with Crippen LogP contribution in [0.4, 0.5) is 13.2 Å². The maximum absolute atomic E-state index is 13.4. The predicted molar refractivity (Wildman–Crippen MR) is 119 cm³/mol. The topological polar surface area (TPSA) is 35.5 Å². The summed E-state index contributed by atoms with van der Waals surface area (Å²) in [5.41, 5.74) is 3.19. The zero-order chi connectivity index (χ0) is 23.1. The molecule has 0 amide bonds. The van der Waals surface area contributed by atoms with Gasteiger partial charge in [0.25, 0.3) is 0 Å². The number of allylic oxidation sites excluding steroid dienone is 1. The van der Waals surface area contributed by atoms with E-state index in [1.54, 1.807) is 6.92 Å². The van der Waals surface area contributed by atoms with E-state index in [9.17, 15) is 18.0 Å². The third-order valence-corrected chi connectivity index (χ3v) is 5.31. The van der Waals surface area contributed by atoms with Crippen LogP contribution in [0.15, 0.2) is 54.6 Å². The van der Waals surface area contributed by atoms with Crippen molar-refractivity contribution >= 4 is 17.6 Å². The average Bonchev–Trinajstić information content (AvgIpc) is 2.97. The van der Waals surface area contributed by atoms with E-state index in [0.717, 1.165) is 30.0 Å². The summed E-state index contributed by atoms with van der Waals surface area (Å²) in [4.78, 5) is 11.4. The Bertz CT molecular complexity index is 1010. The predicted octanol–water partition coefficient (Wildman–Crippen LogP) is 6.86. The number of rotatable bonds is 8. The van der Waals surface area contributed by atoms with E-state index in [1.165, 1.54) is 17.7 Å².